The number of hydrogen-bond donors (Lipinski definition) is 2. The summed E-state index contributed by atoms with van der Waals surface area (Å²) < 4.78 is 76.4. The number of hydrogen-bond acceptors (Lipinski definition) is 8. The number of ether oxygens (including phenoxy) is 1. The standard InChI is InChI=1S/C22H16F5N9O3/c23-21(24)9-34(8-15(21)39-17-4-14-11(5-28-17)6-31-35(14)10-22(25,26)27)18-3-13(32-16-1-2-30-36(16)18)12-7-29-20(38)33-19(12)37/h1-7,15H,8-10H2,(H2,29,33,37,38). The molecule has 0 aliphatic carbocycles. The molecule has 6 heterocycles. The number of aromatic amines is 2. The van der Waals surface area contributed by atoms with Gasteiger partial charge in [-0.3, -0.25) is 14.5 Å². The number of alkyl halides is 5. The van der Waals surface area contributed by atoms with Crippen molar-refractivity contribution < 1.29 is 26.7 Å². The molecular formula is C22H16F5N9O3. The molecule has 0 amide bonds. The minimum absolute atomic E-state index is 0.00581. The summed E-state index contributed by atoms with van der Waals surface area (Å²) in [6.07, 6.45) is -1.31. The monoisotopic (exact) mass is 549 g/mol. The van der Waals surface area contributed by atoms with Crippen LogP contribution in [-0.2, 0) is 6.54 Å². The van der Waals surface area contributed by atoms with Crippen LogP contribution in [0.3, 0.4) is 0 Å². The molecular weight excluding hydrogens is 533 g/mol. The zero-order valence-corrected chi connectivity index (χ0v) is 19.5. The summed E-state index contributed by atoms with van der Waals surface area (Å²) in [7, 11) is 0. The van der Waals surface area contributed by atoms with Gasteiger partial charge in [0.15, 0.2) is 11.8 Å². The minimum Gasteiger partial charge on any atom is -0.466 e. The SMILES string of the molecule is O=c1[nH]cc(-c2cc(N3CC(Oc4cc5c(cn4)cnn5CC(F)(F)F)C(F)(F)C3)n3nccc3n2)c(=O)[nH]1. The van der Waals surface area contributed by atoms with E-state index in [4.69, 9.17) is 4.74 Å². The average Bonchev–Trinajstić information content (AvgIpc) is 3.55. The van der Waals surface area contributed by atoms with E-state index in [0.29, 0.717) is 4.68 Å². The number of rotatable bonds is 5. The lowest BCUT2D eigenvalue weighted by Crippen LogP contribution is -2.36. The maximum absolute atomic E-state index is 15.1. The summed E-state index contributed by atoms with van der Waals surface area (Å²) in [6, 6.07) is 4.02. The van der Waals surface area contributed by atoms with Crippen molar-refractivity contribution in [2.45, 2.75) is 24.7 Å². The van der Waals surface area contributed by atoms with Crippen LogP contribution in [0, 0.1) is 0 Å². The number of pyridine rings is 1. The predicted molar refractivity (Wildman–Crippen MR) is 125 cm³/mol. The Hall–Kier alpha value is -4.83. The fraction of sp³-hybridized carbons (Fsp3) is 0.273. The number of aromatic nitrogens is 8. The van der Waals surface area contributed by atoms with Crippen molar-refractivity contribution in [1.82, 2.24) is 39.3 Å². The van der Waals surface area contributed by atoms with E-state index < -0.39 is 42.5 Å². The Morgan fingerprint density at radius 1 is 1.15 bits per heavy atom. The Bertz CT molecular complexity index is 1820. The summed E-state index contributed by atoms with van der Waals surface area (Å²) in [6.45, 7) is -2.52. The maximum Gasteiger partial charge on any atom is 0.408 e. The topological polar surface area (TPSA) is 139 Å². The number of nitrogens with zero attached hydrogens (tertiary/aromatic N) is 7. The second kappa shape index (κ2) is 8.60. The Labute approximate surface area is 212 Å². The maximum atomic E-state index is 15.1. The van der Waals surface area contributed by atoms with Crippen molar-refractivity contribution in [3.8, 4) is 17.1 Å². The van der Waals surface area contributed by atoms with Crippen molar-refractivity contribution >= 4 is 22.4 Å². The van der Waals surface area contributed by atoms with Crippen molar-refractivity contribution in [3.63, 3.8) is 0 Å². The van der Waals surface area contributed by atoms with Crippen LogP contribution in [0.4, 0.5) is 27.8 Å². The van der Waals surface area contributed by atoms with Crippen LogP contribution in [0.15, 0.2) is 52.6 Å². The van der Waals surface area contributed by atoms with Crippen LogP contribution in [0.2, 0.25) is 0 Å². The molecule has 0 aromatic carbocycles. The largest absolute Gasteiger partial charge is 0.466 e. The lowest BCUT2D eigenvalue weighted by molar-refractivity contribution is -0.141. The normalized spacial score (nSPS) is 17.4. The third-order valence-electron chi connectivity index (χ3n) is 6.11. The molecule has 1 aliphatic rings. The number of nitrogens with one attached hydrogen (secondary N) is 2. The molecule has 2 N–H and O–H groups in total. The summed E-state index contributed by atoms with van der Waals surface area (Å²) in [4.78, 5) is 37.7. The van der Waals surface area contributed by atoms with Crippen LogP contribution < -0.4 is 20.9 Å². The van der Waals surface area contributed by atoms with Gasteiger partial charge in [-0.25, -0.2) is 23.5 Å². The summed E-state index contributed by atoms with van der Waals surface area (Å²) >= 11 is 0. The number of halogens is 5. The average molecular weight is 549 g/mol. The zero-order chi connectivity index (χ0) is 27.5. The van der Waals surface area contributed by atoms with Crippen LogP contribution in [0.1, 0.15) is 0 Å². The lowest BCUT2D eigenvalue weighted by atomic mass is 10.2. The smallest absolute Gasteiger partial charge is 0.408 e. The lowest BCUT2D eigenvalue weighted by Gasteiger charge is -2.19. The summed E-state index contributed by atoms with van der Waals surface area (Å²) in [5, 5.41) is 8.10. The molecule has 0 spiro atoms. The van der Waals surface area contributed by atoms with Gasteiger partial charge >= 0.3 is 17.8 Å². The van der Waals surface area contributed by atoms with Crippen LogP contribution in [0.25, 0.3) is 27.8 Å². The molecule has 12 nitrogen and oxygen atoms in total. The van der Waals surface area contributed by atoms with E-state index in [2.05, 4.69) is 30.1 Å². The van der Waals surface area contributed by atoms with Crippen LogP contribution in [-0.4, -0.2) is 70.6 Å². The molecule has 5 aromatic heterocycles. The van der Waals surface area contributed by atoms with E-state index in [0.717, 1.165) is 12.3 Å². The first-order chi connectivity index (χ1) is 18.5. The van der Waals surface area contributed by atoms with Gasteiger partial charge in [0.2, 0.25) is 5.88 Å². The quantitative estimate of drug-likeness (QED) is 0.318. The van der Waals surface area contributed by atoms with Gasteiger partial charge in [0.1, 0.15) is 12.4 Å². The third-order valence-corrected chi connectivity index (χ3v) is 6.11. The highest BCUT2D eigenvalue weighted by atomic mass is 19.4. The van der Waals surface area contributed by atoms with Gasteiger partial charge in [-0.15, -0.1) is 0 Å². The van der Waals surface area contributed by atoms with E-state index in [9.17, 15) is 22.8 Å². The summed E-state index contributed by atoms with van der Waals surface area (Å²) in [5.74, 6) is -3.53. The van der Waals surface area contributed by atoms with E-state index in [1.807, 2.05) is 0 Å². The van der Waals surface area contributed by atoms with Crippen molar-refractivity contribution in [1.29, 1.82) is 0 Å². The van der Waals surface area contributed by atoms with E-state index >= 15 is 8.78 Å². The molecule has 1 aliphatic heterocycles. The Kier molecular flexibility index (Phi) is 5.40. The van der Waals surface area contributed by atoms with Crippen molar-refractivity contribution in [2.75, 3.05) is 18.0 Å². The second-order valence-corrected chi connectivity index (χ2v) is 8.83. The van der Waals surface area contributed by atoms with E-state index in [-0.39, 0.29) is 46.1 Å². The van der Waals surface area contributed by atoms with Crippen molar-refractivity contribution in [2.24, 2.45) is 0 Å². The highest BCUT2D eigenvalue weighted by molar-refractivity contribution is 5.78. The van der Waals surface area contributed by atoms with Gasteiger partial charge in [0, 0.05) is 36.0 Å². The second-order valence-electron chi connectivity index (χ2n) is 8.83. The van der Waals surface area contributed by atoms with Gasteiger partial charge in [-0.05, 0) is 0 Å². The minimum atomic E-state index is -4.54. The molecule has 202 valence electrons. The van der Waals surface area contributed by atoms with Gasteiger partial charge in [-0.1, -0.05) is 0 Å². The van der Waals surface area contributed by atoms with Gasteiger partial charge in [0.25, 0.3) is 5.56 Å². The van der Waals surface area contributed by atoms with Crippen LogP contribution in [0.5, 0.6) is 5.88 Å². The van der Waals surface area contributed by atoms with Crippen LogP contribution >= 0.6 is 0 Å². The van der Waals surface area contributed by atoms with Gasteiger partial charge < -0.3 is 14.6 Å². The first kappa shape index (κ1) is 24.5. The van der Waals surface area contributed by atoms with E-state index in [1.54, 1.807) is 0 Å². The molecule has 1 fully saturated rings. The summed E-state index contributed by atoms with van der Waals surface area (Å²) in [5.41, 5.74) is -1.05. The number of H-pyrrole nitrogens is 2. The van der Waals surface area contributed by atoms with E-state index in [1.165, 1.54) is 40.1 Å². The molecule has 0 bridgehead atoms. The molecule has 1 atom stereocenters. The molecule has 39 heavy (non-hydrogen) atoms. The first-order valence-electron chi connectivity index (χ1n) is 11.3. The number of fused-ring (bicyclic) bond motifs is 2. The highest BCUT2D eigenvalue weighted by Crippen LogP contribution is 2.35. The molecule has 1 saturated heterocycles. The highest BCUT2D eigenvalue weighted by Gasteiger charge is 2.51. The molecule has 1 unspecified atom stereocenters. The molecule has 5 aromatic rings. The number of anilines is 1. The molecule has 6 rings (SSSR count). The van der Waals surface area contributed by atoms with Gasteiger partial charge in [0.05, 0.1) is 42.3 Å². The fourth-order valence-corrected chi connectivity index (χ4v) is 4.37. The first-order valence-corrected chi connectivity index (χ1v) is 11.3. The molecule has 0 radical (unpaired) electrons. The Morgan fingerprint density at radius 3 is 2.74 bits per heavy atom. The Morgan fingerprint density at radius 2 is 1.97 bits per heavy atom. The van der Waals surface area contributed by atoms with Crippen molar-refractivity contribution in [3.05, 3.63) is 63.8 Å². The molecule has 17 heteroatoms. The predicted octanol–water partition coefficient (Wildman–Crippen LogP) is 1.98. The third kappa shape index (κ3) is 4.55. The Balaban J connectivity index is 1.32. The molecule has 0 saturated carbocycles. The fourth-order valence-electron chi connectivity index (χ4n) is 4.37. The van der Waals surface area contributed by atoms with Gasteiger partial charge in [-0.2, -0.15) is 27.9 Å². The zero-order valence-electron chi connectivity index (χ0n) is 19.5.